The van der Waals surface area contributed by atoms with E-state index in [1.165, 1.54) is 17.2 Å². The van der Waals surface area contributed by atoms with Gasteiger partial charge in [-0.1, -0.05) is 23.7 Å². The number of aromatic nitrogens is 4. The monoisotopic (exact) mass is 408 g/mol. The van der Waals surface area contributed by atoms with Crippen molar-refractivity contribution >= 4 is 38.7 Å². The number of hydrogen-bond donors (Lipinski definition) is 0. The number of hydrogen-bond acceptors (Lipinski definition) is 7. The molecule has 140 valence electrons. The average Bonchev–Trinajstić information content (AvgIpc) is 3.20. The average molecular weight is 409 g/mol. The van der Waals surface area contributed by atoms with E-state index in [0.717, 1.165) is 15.6 Å². The van der Waals surface area contributed by atoms with Gasteiger partial charge in [-0.3, -0.25) is 0 Å². The van der Waals surface area contributed by atoms with Gasteiger partial charge in [-0.15, -0.1) is 0 Å². The molecular weight excluding hydrogens is 396 g/mol. The quantitative estimate of drug-likeness (QED) is 0.642. The molecule has 3 heterocycles. The molecule has 0 N–H and O–H groups in total. The Morgan fingerprint density at radius 2 is 1.96 bits per heavy atom. The summed E-state index contributed by atoms with van der Waals surface area (Å²) in [5, 5.41) is 6.15. The highest BCUT2D eigenvalue weighted by molar-refractivity contribution is 7.88. The predicted octanol–water partition coefficient (Wildman–Crippen LogP) is 1.46. The van der Waals surface area contributed by atoms with Crippen LogP contribution >= 0.6 is 11.6 Å². The van der Waals surface area contributed by atoms with Gasteiger partial charge in [-0.05, 0) is 12.1 Å². The van der Waals surface area contributed by atoms with Crippen molar-refractivity contribution < 1.29 is 18.0 Å². The Morgan fingerprint density at radius 1 is 1.19 bits per heavy atom. The molecule has 2 amide bonds. The summed E-state index contributed by atoms with van der Waals surface area (Å²) in [6, 6.07) is 6.35. The number of carbonyl (C=O) groups excluding carboxylic acids is 1. The van der Waals surface area contributed by atoms with Crippen LogP contribution in [0.1, 0.15) is 0 Å². The van der Waals surface area contributed by atoms with Gasteiger partial charge in [0.2, 0.25) is 10.0 Å². The lowest BCUT2D eigenvalue weighted by atomic mass is 10.3. The lowest BCUT2D eigenvalue weighted by Gasteiger charge is -2.16. The van der Waals surface area contributed by atoms with Crippen molar-refractivity contribution in [2.24, 2.45) is 0 Å². The fraction of sp³-hybridized carbons (Fsp3) is 0.200. The van der Waals surface area contributed by atoms with Gasteiger partial charge in [0.1, 0.15) is 11.7 Å². The summed E-state index contributed by atoms with van der Waals surface area (Å²) in [6.45, 7) is 0.0842. The number of para-hydroxylation sites is 1. The van der Waals surface area contributed by atoms with E-state index in [1.807, 2.05) is 6.07 Å². The number of rotatable bonds is 4. The van der Waals surface area contributed by atoms with E-state index in [-0.39, 0.29) is 19.0 Å². The van der Waals surface area contributed by atoms with E-state index in [1.54, 1.807) is 18.2 Å². The molecular formula is C15H13ClN6O4S. The SMILES string of the molecule is CS(=O)(=O)N1CCN(Oc2ncnc3c2cnn3-c2ccccc2Cl)C1=O. The second-order valence-electron chi connectivity index (χ2n) is 5.73. The molecule has 1 saturated heterocycles. The Kier molecular flexibility index (Phi) is 4.12. The Morgan fingerprint density at radius 3 is 2.67 bits per heavy atom. The number of amides is 2. The number of sulfonamides is 1. The molecule has 0 saturated carbocycles. The van der Waals surface area contributed by atoms with E-state index in [9.17, 15) is 13.2 Å². The Hall–Kier alpha value is -2.92. The maximum absolute atomic E-state index is 12.2. The molecule has 4 rings (SSSR count). The van der Waals surface area contributed by atoms with E-state index in [0.29, 0.717) is 21.7 Å². The van der Waals surface area contributed by atoms with Gasteiger partial charge in [0.05, 0.1) is 36.3 Å². The Bertz CT molecular complexity index is 1150. The molecule has 0 atom stereocenters. The predicted molar refractivity (Wildman–Crippen MR) is 95.9 cm³/mol. The summed E-state index contributed by atoms with van der Waals surface area (Å²) in [6.07, 6.45) is 3.72. The van der Waals surface area contributed by atoms with Crippen molar-refractivity contribution in [1.82, 2.24) is 29.1 Å². The van der Waals surface area contributed by atoms with Crippen molar-refractivity contribution in [2.75, 3.05) is 19.3 Å². The van der Waals surface area contributed by atoms with Gasteiger partial charge in [-0.25, -0.2) is 27.2 Å². The van der Waals surface area contributed by atoms with Crippen LogP contribution in [0.3, 0.4) is 0 Å². The Labute approximate surface area is 158 Å². The van der Waals surface area contributed by atoms with Crippen LogP contribution in [0.15, 0.2) is 36.8 Å². The summed E-state index contributed by atoms with van der Waals surface area (Å²) in [4.78, 5) is 26.0. The summed E-state index contributed by atoms with van der Waals surface area (Å²) in [5.74, 6) is 0.0852. The minimum absolute atomic E-state index is 0.00474. The van der Waals surface area contributed by atoms with Gasteiger partial charge < -0.3 is 4.84 Å². The molecule has 10 nitrogen and oxygen atoms in total. The van der Waals surface area contributed by atoms with Crippen LogP contribution in [-0.2, 0) is 10.0 Å². The fourth-order valence-corrected chi connectivity index (χ4v) is 3.69. The molecule has 0 radical (unpaired) electrons. The molecule has 27 heavy (non-hydrogen) atoms. The van der Waals surface area contributed by atoms with Crippen LogP contribution < -0.4 is 4.84 Å². The number of hydroxylamine groups is 2. The van der Waals surface area contributed by atoms with Gasteiger partial charge in [-0.2, -0.15) is 15.1 Å². The minimum Gasteiger partial charge on any atom is -0.354 e. The standard InChI is InChI=1S/C15H13ClN6O4S/c1-27(24,25)21-7-6-20(15(21)23)26-14-10-8-19-22(13(10)17-9-18-14)12-5-3-2-4-11(12)16/h2-5,8-9H,6-7H2,1H3. The number of benzene rings is 1. The number of halogens is 1. The summed E-state index contributed by atoms with van der Waals surface area (Å²) >= 11 is 6.22. The highest BCUT2D eigenvalue weighted by atomic mass is 35.5. The summed E-state index contributed by atoms with van der Waals surface area (Å²) in [5.41, 5.74) is 1.05. The highest BCUT2D eigenvalue weighted by Gasteiger charge is 2.37. The number of urea groups is 1. The molecule has 1 aromatic carbocycles. The third-order valence-electron chi connectivity index (χ3n) is 3.94. The lowest BCUT2D eigenvalue weighted by molar-refractivity contribution is 0.00251. The molecule has 0 bridgehead atoms. The van der Waals surface area contributed by atoms with Crippen molar-refractivity contribution in [3.63, 3.8) is 0 Å². The minimum atomic E-state index is -3.66. The summed E-state index contributed by atoms with van der Waals surface area (Å²) in [7, 11) is -3.66. The van der Waals surface area contributed by atoms with E-state index < -0.39 is 16.1 Å². The second-order valence-corrected chi connectivity index (χ2v) is 8.05. The number of fused-ring (bicyclic) bond motifs is 1. The van der Waals surface area contributed by atoms with Crippen LogP contribution in [0.2, 0.25) is 5.02 Å². The van der Waals surface area contributed by atoms with Crippen molar-refractivity contribution in [3.05, 3.63) is 41.8 Å². The first-order valence-corrected chi connectivity index (χ1v) is 9.99. The zero-order valence-corrected chi connectivity index (χ0v) is 15.6. The maximum atomic E-state index is 12.2. The van der Waals surface area contributed by atoms with Crippen LogP contribution in [0, 0.1) is 0 Å². The molecule has 1 aliphatic heterocycles. The summed E-state index contributed by atoms with van der Waals surface area (Å²) < 4.78 is 25.5. The third-order valence-corrected chi connectivity index (χ3v) is 5.40. The molecule has 3 aromatic rings. The fourth-order valence-electron chi connectivity index (χ4n) is 2.69. The third kappa shape index (κ3) is 3.04. The topological polar surface area (TPSA) is 111 Å². The molecule has 0 spiro atoms. The van der Waals surface area contributed by atoms with E-state index in [4.69, 9.17) is 16.4 Å². The first-order chi connectivity index (χ1) is 12.9. The van der Waals surface area contributed by atoms with Crippen molar-refractivity contribution in [2.45, 2.75) is 0 Å². The van der Waals surface area contributed by atoms with Crippen LogP contribution in [0.25, 0.3) is 16.7 Å². The molecule has 12 heteroatoms. The van der Waals surface area contributed by atoms with Crippen LogP contribution in [0.5, 0.6) is 5.88 Å². The zero-order chi connectivity index (χ0) is 19.2. The highest BCUT2D eigenvalue weighted by Crippen LogP contribution is 2.27. The van der Waals surface area contributed by atoms with Gasteiger partial charge in [0, 0.05) is 0 Å². The van der Waals surface area contributed by atoms with E-state index >= 15 is 0 Å². The largest absolute Gasteiger partial charge is 0.366 e. The first-order valence-electron chi connectivity index (χ1n) is 7.77. The second kappa shape index (κ2) is 6.35. The Balaban J connectivity index is 1.69. The van der Waals surface area contributed by atoms with Gasteiger partial charge in [0.25, 0.3) is 5.88 Å². The first kappa shape index (κ1) is 17.5. The smallest absolute Gasteiger partial charge is 0.354 e. The maximum Gasteiger partial charge on any atom is 0.366 e. The van der Waals surface area contributed by atoms with Crippen LogP contribution in [0.4, 0.5) is 4.79 Å². The molecule has 0 aliphatic carbocycles. The molecule has 2 aromatic heterocycles. The molecule has 1 aliphatic rings. The number of carbonyl (C=O) groups is 1. The normalized spacial score (nSPS) is 15.0. The van der Waals surface area contributed by atoms with Crippen molar-refractivity contribution in [3.8, 4) is 11.6 Å². The molecule has 0 unspecified atom stereocenters. The van der Waals surface area contributed by atoms with Crippen LogP contribution in [-0.4, -0.2) is 62.9 Å². The molecule has 1 fully saturated rings. The lowest BCUT2D eigenvalue weighted by Crippen LogP contribution is -2.37. The van der Waals surface area contributed by atoms with E-state index in [2.05, 4.69) is 15.1 Å². The van der Waals surface area contributed by atoms with Gasteiger partial charge >= 0.3 is 6.03 Å². The zero-order valence-electron chi connectivity index (χ0n) is 14.0. The van der Waals surface area contributed by atoms with Crippen molar-refractivity contribution in [1.29, 1.82) is 0 Å². The van der Waals surface area contributed by atoms with Gasteiger partial charge in [0.15, 0.2) is 5.65 Å². The number of nitrogens with zero attached hydrogens (tertiary/aromatic N) is 6.